The second kappa shape index (κ2) is 7.32. The number of rotatable bonds is 6. The second-order valence-electron chi connectivity index (χ2n) is 6.19. The van der Waals surface area contributed by atoms with Gasteiger partial charge in [-0.05, 0) is 76.5 Å². The van der Waals surface area contributed by atoms with E-state index in [1.165, 1.54) is 25.9 Å². The zero-order valence-electron chi connectivity index (χ0n) is 13.3. The summed E-state index contributed by atoms with van der Waals surface area (Å²) in [5, 5.41) is 5.08. The highest BCUT2D eigenvalue weighted by molar-refractivity contribution is 6.33. The molecule has 1 fully saturated rings. The normalized spacial score (nSPS) is 20.4. The third kappa shape index (κ3) is 3.73. The molecule has 0 saturated carbocycles. The summed E-state index contributed by atoms with van der Waals surface area (Å²) in [5.41, 5.74) is 1.28. The maximum absolute atomic E-state index is 6.35. The first kappa shape index (κ1) is 17.1. The van der Waals surface area contributed by atoms with Crippen molar-refractivity contribution < 1.29 is 0 Å². The average Bonchev–Trinajstić information content (AvgIpc) is 3.02. The first-order chi connectivity index (χ1) is 10.0. The topological polar surface area (TPSA) is 15.3 Å². The van der Waals surface area contributed by atoms with Crippen molar-refractivity contribution in [3.05, 3.63) is 33.8 Å². The summed E-state index contributed by atoms with van der Waals surface area (Å²) in [7, 11) is 2.05. The van der Waals surface area contributed by atoms with E-state index >= 15 is 0 Å². The molecule has 0 aromatic heterocycles. The van der Waals surface area contributed by atoms with Gasteiger partial charge in [-0.15, -0.1) is 0 Å². The van der Waals surface area contributed by atoms with E-state index in [1.807, 2.05) is 25.2 Å². The molecule has 1 heterocycles. The Labute approximate surface area is 138 Å². The van der Waals surface area contributed by atoms with E-state index in [-0.39, 0.29) is 5.54 Å². The molecule has 1 aliphatic heterocycles. The van der Waals surface area contributed by atoms with Gasteiger partial charge in [0.25, 0.3) is 0 Å². The van der Waals surface area contributed by atoms with Crippen molar-refractivity contribution >= 4 is 23.2 Å². The fourth-order valence-corrected chi connectivity index (χ4v) is 3.86. The van der Waals surface area contributed by atoms with Gasteiger partial charge in [0.2, 0.25) is 0 Å². The van der Waals surface area contributed by atoms with Gasteiger partial charge < -0.3 is 5.32 Å². The molecule has 0 radical (unpaired) electrons. The number of benzene rings is 1. The van der Waals surface area contributed by atoms with Crippen molar-refractivity contribution in [3.63, 3.8) is 0 Å². The Morgan fingerprint density at radius 2 is 1.95 bits per heavy atom. The summed E-state index contributed by atoms with van der Waals surface area (Å²) >= 11 is 12.5. The Balaban J connectivity index is 2.22. The van der Waals surface area contributed by atoms with Gasteiger partial charge in [-0.1, -0.05) is 30.1 Å². The quantitative estimate of drug-likeness (QED) is 0.833. The zero-order valence-corrected chi connectivity index (χ0v) is 14.8. The number of hydrogen-bond acceptors (Lipinski definition) is 2. The molecule has 4 heteroatoms. The minimum Gasteiger partial charge on any atom is -0.315 e. The lowest BCUT2D eigenvalue weighted by Crippen LogP contribution is -2.58. The van der Waals surface area contributed by atoms with Crippen LogP contribution < -0.4 is 5.32 Å². The van der Waals surface area contributed by atoms with Crippen LogP contribution in [0.25, 0.3) is 0 Å². The van der Waals surface area contributed by atoms with Crippen LogP contribution in [0.4, 0.5) is 0 Å². The van der Waals surface area contributed by atoms with E-state index in [0.717, 1.165) is 28.5 Å². The van der Waals surface area contributed by atoms with Crippen LogP contribution in [0, 0.1) is 0 Å². The monoisotopic (exact) mass is 328 g/mol. The highest BCUT2D eigenvalue weighted by atomic mass is 35.5. The van der Waals surface area contributed by atoms with Crippen LogP contribution in [0.2, 0.25) is 10.0 Å². The predicted molar refractivity (Wildman–Crippen MR) is 92.5 cm³/mol. The van der Waals surface area contributed by atoms with Crippen LogP contribution in [0.1, 0.15) is 38.7 Å². The van der Waals surface area contributed by atoms with Gasteiger partial charge in [0, 0.05) is 21.6 Å². The largest absolute Gasteiger partial charge is 0.315 e. The van der Waals surface area contributed by atoms with Crippen molar-refractivity contribution in [3.8, 4) is 0 Å². The molecule has 21 heavy (non-hydrogen) atoms. The van der Waals surface area contributed by atoms with Crippen molar-refractivity contribution in [1.29, 1.82) is 0 Å². The summed E-state index contributed by atoms with van der Waals surface area (Å²) in [6.07, 6.45) is 4.64. The molecule has 2 rings (SSSR count). The van der Waals surface area contributed by atoms with Gasteiger partial charge in [-0.2, -0.15) is 0 Å². The van der Waals surface area contributed by atoms with E-state index in [2.05, 4.69) is 24.1 Å². The predicted octanol–water partition coefficient (Wildman–Crippen LogP) is 4.39. The number of nitrogens with zero attached hydrogens (tertiary/aromatic N) is 1. The first-order valence-electron chi connectivity index (χ1n) is 7.87. The Bertz CT molecular complexity index is 472. The molecule has 1 aromatic carbocycles. The van der Waals surface area contributed by atoms with Crippen molar-refractivity contribution in [2.24, 2.45) is 0 Å². The summed E-state index contributed by atoms with van der Waals surface area (Å²) in [6, 6.07) is 6.09. The second-order valence-corrected chi connectivity index (χ2v) is 7.03. The molecule has 1 N–H and O–H groups in total. The van der Waals surface area contributed by atoms with Gasteiger partial charge in [-0.25, -0.2) is 0 Å². The molecule has 2 unspecified atom stereocenters. The highest BCUT2D eigenvalue weighted by Gasteiger charge is 2.38. The van der Waals surface area contributed by atoms with Crippen LogP contribution in [0.5, 0.6) is 0 Å². The first-order valence-corrected chi connectivity index (χ1v) is 8.63. The molecule has 0 spiro atoms. The van der Waals surface area contributed by atoms with E-state index in [9.17, 15) is 0 Å². The molecule has 118 valence electrons. The SMILES string of the molecule is CCC(C)(C(Cc1cc(Cl)ccc1Cl)NC)N1CCCC1. The van der Waals surface area contributed by atoms with Crippen LogP contribution in [-0.2, 0) is 6.42 Å². The average molecular weight is 329 g/mol. The third-order valence-electron chi connectivity index (χ3n) is 5.08. The summed E-state index contributed by atoms with van der Waals surface area (Å²) in [4.78, 5) is 2.63. The van der Waals surface area contributed by atoms with Gasteiger partial charge in [0.15, 0.2) is 0 Å². The number of nitrogens with one attached hydrogen (secondary N) is 1. The molecule has 1 saturated heterocycles. The Morgan fingerprint density at radius 1 is 1.29 bits per heavy atom. The van der Waals surface area contributed by atoms with Gasteiger partial charge in [-0.3, -0.25) is 4.90 Å². The van der Waals surface area contributed by atoms with E-state index in [4.69, 9.17) is 23.2 Å². The lowest BCUT2D eigenvalue weighted by molar-refractivity contribution is 0.0873. The fraction of sp³-hybridized carbons (Fsp3) is 0.647. The van der Waals surface area contributed by atoms with Crippen LogP contribution in [0.3, 0.4) is 0 Å². The zero-order chi connectivity index (χ0) is 15.5. The molecule has 1 aliphatic rings. The fourth-order valence-electron chi connectivity index (χ4n) is 3.47. The number of hydrogen-bond donors (Lipinski definition) is 1. The highest BCUT2D eigenvalue weighted by Crippen LogP contribution is 2.31. The lowest BCUT2D eigenvalue weighted by atomic mass is 9.83. The number of halogens is 2. The van der Waals surface area contributed by atoms with E-state index in [1.54, 1.807) is 0 Å². The standard InChI is InChI=1S/C17H26Cl2N2/c1-4-17(2,21-9-5-6-10-21)16(20-3)12-13-11-14(18)7-8-15(13)19/h7-8,11,16,20H,4-6,9-10,12H2,1-3H3. The summed E-state index contributed by atoms with van der Waals surface area (Å²) in [5.74, 6) is 0. The smallest absolute Gasteiger partial charge is 0.0439 e. The van der Waals surface area contributed by atoms with Gasteiger partial charge in [0.1, 0.15) is 0 Å². The Kier molecular flexibility index (Phi) is 5.96. The Hall–Kier alpha value is -0.280. The van der Waals surface area contributed by atoms with Crippen LogP contribution in [0.15, 0.2) is 18.2 Å². The summed E-state index contributed by atoms with van der Waals surface area (Å²) in [6.45, 7) is 7.05. The lowest BCUT2D eigenvalue weighted by Gasteiger charge is -2.44. The van der Waals surface area contributed by atoms with Gasteiger partial charge >= 0.3 is 0 Å². The van der Waals surface area contributed by atoms with E-state index in [0.29, 0.717) is 6.04 Å². The molecule has 2 nitrogen and oxygen atoms in total. The van der Waals surface area contributed by atoms with Gasteiger partial charge in [0.05, 0.1) is 0 Å². The van der Waals surface area contributed by atoms with Crippen molar-refractivity contribution in [1.82, 2.24) is 10.2 Å². The molecule has 0 amide bonds. The molecular formula is C17H26Cl2N2. The minimum absolute atomic E-state index is 0.150. The third-order valence-corrected chi connectivity index (χ3v) is 5.68. The van der Waals surface area contributed by atoms with Crippen LogP contribution >= 0.6 is 23.2 Å². The molecule has 0 bridgehead atoms. The maximum atomic E-state index is 6.35. The number of likely N-dealkylation sites (tertiary alicyclic amines) is 1. The minimum atomic E-state index is 0.150. The Morgan fingerprint density at radius 3 is 2.52 bits per heavy atom. The molecule has 1 aromatic rings. The van der Waals surface area contributed by atoms with Crippen molar-refractivity contribution in [2.75, 3.05) is 20.1 Å². The van der Waals surface area contributed by atoms with Crippen molar-refractivity contribution in [2.45, 2.75) is 51.1 Å². The maximum Gasteiger partial charge on any atom is 0.0439 e. The van der Waals surface area contributed by atoms with Crippen LogP contribution in [-0.4, -0.2) is 36.6 Å². The molecule has 2 atom stereocenters. The molecular weight excluding hydrogens is 303 g/mol. The van der Waals surface area contributed by atoms with E-state index < -0.39 is 0 Å². The summed E-state index contributed by atoms with van der Waals surface area (Å²) < 4.78 is 0. The molecule has 0 aliphatic carbocycles. The number of likely N-dealkylation sites (N-methyl/N-ethyl adjacent to an activating group) is 1.